The van der Waals surface area contributed by atoms with Gasteiger partial charge in [-0.1, -0.05) is 20.8 Å². The van der Waals surface area contributed by atoms with Crippen LogP contribution < -0.4 is 5.32 Å². The van der Waals surface area contributed by atoms with Gasteiger partial charge in [-0.25, -0.2) is 4.79 Å². The largest absolute Gasteiger partial charge is 0.322 e. The number of benzene rings is 1. The highest BCUT2D eigenvalue weighted by atomic mass is 16.2. The molecule has 0 unspecified atom stereocenters. The summed E-state index contributed by atoms with van der Waals surface area (Å²) >= 11 is 0. The van der Waals surface area contributed by atoms with E-state index < -0.39 is 0 Å². The van der Waals surface area contributed by atoms with Crippen LogP contribution in [0.3, 0.4) is 0 Å². The van der Waals surface area contributed by atoms with E-state index in [2.05, 4.69) is 36.1 Å². The summed E-state index contributed by atoms with van der Waals surface area (Å²) in [5.74, 6) is 1.27. The molecule has 5 heteroatoms. The number of aromatic nitrogens is 2. The number of urea groups is 1. The third-order valence-corrected chi connectivity index (χ3v) is 6.13. The van der Waals surface area contributed by atoms with Crippen LogP contribution in [0.15, 0.2) is 30.6 Å². The lowest BCUT2D eigenvalue weighted by Crippen LogP contribution is -2.41. The minimum Gasteiger partial charge on any atom is -0.321 e. The monoisotopic (exact) mass is 324 g/mol. The number of carbonyl (C=O) groups is 1. The van der Waals surface area contributed by atoms with E-state index in [0.717, 1.165) is 36.1 Å². The molecule has 1 aliphatic carbocycles. The van der Waals surface area contributed by atoms with E-state index in [9.17, 15) is 4.79 Å². The molecule has 0 spiro atoms. The van der Waals surface area contributed by atoms with Crippen molar-refractivity contribution in [3.05, 3.63) is 30.6 Å². The van der Waals surface area contributed by atoms with Crippen molar-refractivity contribution in [2.75, 3.05) is 11.9 Å². The van der Waals surface area contributed by atoms with E-state index >= 15 is 0 Å². The molecule has 4 rings (SSSR count). The average molecular weight is 324 g/mol. The molecule has 2 aromatic rings. The highest BCUT2D eigenvalue weighted by Gasteiger charge is 2.48. The van der Waals surface area contributed by atoms with Crippen LogP contribution in [0.25, 0.3) is 11.0 Å². The lowest BCUT2D eigenvalue weighted by molar-refractivity contribution is 0.104. The van der Waals surface area contributed by atoms with Gasteiger partial charge < -0.3 is 10.2 Å². The van der Waals surface area contributed by atoms with Gasteiger partial charge in [-0.2, -0.15) is 0 Å². The van der Waals surface area contributed by atoms with E-state index in [1.807, 2.05) is 23.1 Å². The second-order valence-electron chi connectivity index (χ2n) is 7.97. The van der Waals surface area contributed by atoms with Crippen LogP contribution in [-0.2, 0) is 0 Å². The second-order valence-corrected chi connectivity index (χ2v) is 7.97. The number of nitrogens with zero attached hydrogens (tertiary/aromatic N) is 3. The standard InChI is InChI=1S/C19H24N4O/c1-12-13-8-15(10-19(12,2)3)23(11-13)18(24)22-14-4-5-16-17(9-14)21-7-6-20-16/h4-7,9,12-13,15H,8,10-11H2,1-3H3,(H,22,24)/t12-,13+,15+/m0/s1. The zero-order valence-electron chi connectivity index (χ0n) is 14.5. The Bertz CT molecular complexity index is 788. The van der Waals surface area contributed by atoms with Gasteiger partial charge in [0, 0.05) is 30.7 Å². The highest BCUT2D eigenvalue weighted by Crippen LogP contribution is 2.49. The molecule has 5 nitrogen and oxygen atoms in total. The molecule has 0 radical (unpaired) electrons. The maximum Gasteiger partial charge on any atom is 0.322 e. The normalized spacial score (nSPS) is 28.1. The number of nitrogens with one attached hydrogen (secondary N) is 1. The summed E-state index contributed by atoms with van der Waals surface area (Å²) < 4.78 is 0. The summed E-state index contributed by atoms with van der Waals surface area (Å²) in [4.78, 5) is 23.4. The van der Waals surface area contributed by atoms with Gasteiger partial charge in [0.2, 0.25) is 0 Å². The van der Waals surface area contributed by atoms with Gasteiger partial charge in [-0.3, -0.25) is 9.97 Å². The summed E-state index contributed by atoms with van der Waals surface area (Å²) in [6.07, 6.45) is 5.57. The van der Waals surface area contributed by atoms with E-state index in [1.54, 1.807) is 12.4 Å². The van der Waals surface area contributed by atoms with Gasteiger partial charge >= 0.3 is 6.03 Å². The minimum atomic E-state index is 0.00985. The van der Waals surface area contributed by atoms with Crippen molar-refractivity contribution < 1.29 is 4.79 Å². The van der Waals surface area contributed by atoms with E-state index in [1.165, 1.54) is 0 Å². The number of anilines is 1. The summed E-state index contributed by atoms with van der Waals surface area (Å²) in [6, 6.07) is 6.04. The topological polar surface area (TPSA) is 58.1 Å². The number of hydrogen-bond donors (Lipinski definition) is 1. The smallest absolute Gasteiger partial charge is 0.321 e. The van der Waals surface area contributed by atoms with Crippen LogP contribution in [0.2, 0.25) is 0 Å². The Morgan fingerprint density at radius 2 is 2.00 bits per heavy atom. The fourth-order valence-electron chi connectivity index (χ4n) is 4.43. The molecule has 126 valence electrons. The predicted octanol–water partition coefficient (Wildman–Crippen LogP) is 3.92. The summed E-state index contributed by atoms with van der Waals surface area (Å²) in [5, 5.41) is 3.05. The second kappa shape index (κ2) is 5.43. The van der Waals surface area contributed by atoms with Gasteiger partial charge in [0.05, 0.1) is 11.0 Å². The first kappa shape index (κ1) is 15.4. The summed E-state index contributed by atoms with van der Waals surface area (Å²) in [5.41, 5.74) is 2.72. The Kier molecular flexibility index (Phi) is 3.48. The zero-order valence-corrected chi connectivity index (χ0v) is 14.5. The molecule has 2 amide bonds. The van der Waals surface area contributed by atoms with Gasteiger partial charge in [-0.05, 0) is 48.3 Å². The molecule has 1 saturated carbocycles. The number of hydrogen-bond acceptors (Lipinski definition) is 3. The third-order valence-electron chi connectivity index (χ3n) is 6.13. The molecule has 2 bridgehead atoms. The van der Waals surface area contributed by atoms with Crippen LogP contribution in [0, 0.1) is 17.3 Å². The zero-order chi connectivity index (χ0) is 16.9. The summed E-state index contributed by atoms with van der Waals surface area (Å²) in [6.45, 7) is 7.87. The van der Waals surface area contributed by atoms with Gasteiger partial charge in [0.25, 0.3) is 0 Å². The Hall–Kier alpha value is -2.17. The molecule has 2 fully saturated rings. The fraction of sp³-hybridized carbons (Fsp3) is 0.526. The maximum atomic E-state index is 12.8. The Labute approximate surface area is 142 Å². The number of carbonyl (C=O) groups excluding carboxylic acids is 1. The van der Waals surface area contributed by atoms with Crippen LogP contribution in [0.1, 0.15) is 33.6 Å². The molecule has 24 heavy (non-hydrogen) atoms. The molecule has 2 heterocycles. The first-order valence-electron chi connectivity index (χ1n) is 8.72. The van der Waals surface area contributed by atoms with Crippen LogP contribution >= 0.6 is 0 Å². The number of fused-ring (bicyclic) bond motifs is 3. The first-order valence-corrected chi connectivity index (χ1v) is 8.72. The van der Waals surface area contributed by atoms with E-state index in [0.29, 0.717) is 23.3 Å². The average Bonchev–Trinajstić information content (AvgIpc) is 2.92. The number of amides is 2. The molecule has 1 aliphatic heterocycles. The Morgan fingerprint density at radius 3 is 2.79 bits per heavy atom. The van der Waals surface area contributed by atoms with Gasteiger partial charge in [-0.15, -0.1) is 0 Å². The van der Waals surface area contributed by atoms with Crippen molar-refractivity contribution in [1.82, 2.24) is 14.9 Å². The van der Waals surface area contributed by atoms with Gasteiger partial charge in [0.1, 0.15) is 0 Å². The van der Waals surface area contributed by atoms with E-state index in [-0.39, 0.29) is 6.03 Å². The number of rotatable bonds is 1. The predicted molar refractivity (Wildman–Crippen MR) is 94.7 cm³/mol. The van der Waals surface area contributed by atoms with Crippen molar-refractivity contribution in [2.45, 2.75) is 39.7 Å². The molecular formula is C19H24N4O. The summed E-state index contributed by atoms with van der Waals surface area (Å²) in [7, 11) is 0. The Morgan fingerprint density at radius 1 is 1.25 bits per heavy atom. The molecule has 1 saturated heterocycles. The molecule has 1 N–H and O–H groups in total. The lowest BCUT2D eigenvalue weighted by atomic mass is 9.65. The molecule has 1 aromatic heterocycles. The SMILES string of the molecule is C[C@H]1[C@@H]2C[C@H](CC1(C)C)N(C(=O)Nc1ccc3nccnc3c1)C2. The van der Waals surface area contributed by atoms with Crippen LogP contribution in [0.5, 0.6) is 0 Å². The molecular weight excluding hydrogens is 300 g/mol. The molecule has 1 aromatic carbocycles. The third kappa shape index (κ3) is 2.52. The maximum absolute atomic E-state index is 12.8. The van der Waals surface area contributed by atoms with Crippen LogP contribution in [-0.4, -0.2) is 33.5 Å². The lowest BCUT2D eigenvalue weighted by Gasteiger charge is -2.40. The number of likely N-dealkylation sites (tertiary alicyclic amines) is 1. The van der Waals surface area contributed by atoms with Gasteiger partial charge in [0.15, 0.2) is 0 Å². The molecule has 3 atom stereocenters. The van der Waals surface area contributed by atoms with Crippen LogP contribution in [0.4, 0.5) is 10.5 Å². The quantitative estimate of drug-likeness (QED) is 0.865. The first-order chi connectivity index (χ1) is 11.4. The van der Waals surface area contributed by atoms with Crippen molar-refractivity contribution in [1.29, 1.82) is 0 Å². The highest BCUT2D eigenvalue weighted by molar-refractivity contribution is 5.92. The van der Waals surface area contributed by atoms with E-state index in [4.69, 9.17) is 0 Å². The molecule has 2 aliphatic rings. The minimum absolute atomic E-state index is 0.00985. The van der Waals surface area contributed by atoms with Crippen molar-refractivity contribution >= 4 is 22.8 Å². The van der Waals surface area contributed by atoms with Crippen molar-refractivity contribution in [2.24, 2.45) is 17.3 Å². The Balaban J connectivity index is 1.52. The van der Waals surface area contributed by atoms with Crippen molar-refractivity contribution in [3.63, 3.8) is 0 Å². The fourth-order valence-corrected chi connectivity index (χ4v) is 4.43. The van der Waals surface area contributed by atoms with Crippen molar-refractivity contribution in [3.8, 4) is 0 Å².